The minimum Gasteiger partial charge on any atom is -0.480 e. The summed E-state index contributed by atoms with van der Waals surface area (Å²) in [5.41, 5.74) is 1.80. The molecule has 2 unspecified atom stereocenters. The van der Waals surface area contributed by atoms with Crippen LogP contribution in [0.5, 0.6) is 0 Å². The molecule has 1 aromatic carbocycles. The molecule has 2 atom stereocenters. The summed E-state index contributed by atoms with van der Waals surface area (Å²) >= 11 is 1.82. The molecule has 0 saturated heterocycles. The van der Waals surface area contributed by atoms with Crippen molar-refractivity contribution in [2.75, 3.05) is 7.05 Å². The van der Waals surface area contributed by atoms with Gasteiger partial charge in [-0.1, -0.05) is 17.7 Å². The van der Waals surface area contributed by atoms with E-state index >= 15 is 0 Å². The van der Waals surface area contributed by atoms with Gasteiger partial charge in [0, 0.05) is 10.1 Å². The Hall–Kier alpha value is -1.00. The van der Waals surface area contributed by atoms with E-state index in [0.29, 0.717) is 18.1 Å². The molecule has 1 aliphatic rings. The molecular weight excluding hydrogens is 258 g/mol. The van der Waals surface area contributed by atoms with Crippen molar-refractivity contribution < 1.29 is 9.90 Å². The molecule has 1 aromatic rings. The molecule has 1 saturated carbocycles. The lowest BCUT2D eigenvalue weighted by Gasteiger charge is -2.23. The molecule has 1 fully saturated rings. The summed E-state index contributed by atoms with van der Waals surface area (Å²) in [5, 5.41) is 12.8. The quantitative estimate of drug-likeness (QED) is 0.889. The highest BCUT2D eigenvalue weighted by molar-refractivity contribution is 8.00. The lowest BCUT2D eigenvalue weighted by Crippen LogP contribution is -2.48. The third-order valence-corrected chi connectivity index (χ3v) is 5.42. The Bertz CT molecular complexity index is 489. The number of carbonyl (C=O) groups is 1. The van der Waals surface area contributed by atoms with E-state index in [2.05, 4.69) is 37.4 Å². The molecule has 0 heterocycles. The maximum atomic E-state index is 11.4. The highest BCUT2D eigenvalue weighted by Crippen LogP contribution is 2.41. The molecule has 0 radical (unpaired) electrons. The van der Waals surface area contributed by atoms with Crippen molar-refractivity contribution in [2.24, 2.45) is 0 Å². The summed E-state index contributed by atoms with van der Waals surface area (Å²) in [6.45, 7) is 4.20. The van der Waals surface area contributed by atoms with Crippen molar-refractivity contribution >= 4 is 17.7 Å². The molecule has 2 rings (SSSR count). The van der Waals surface area contributed by atoms with Gasteiger partial charge in [0.1, 0.15) is 5.54 Å². The summed E-state index contributed by atoms with van der Waals surface area (Å²) in [4.78, 5) is 12.7. The second kappa shape index (κ2) is 5.55. The Labute approximate surface area is 118 Å². The van der Waals surface area contributed by atoms with Crippen LogP contribution in [0, 0.1) is 13.8 Å². The number of nitrogens with one attached hydrogen (secondary N) is 1. The van der Waals surface area contributed by atoms with Crippen LogP contribution in [0.25, 0.3) is 0 Å². The third kappa shape index (κ3) is 2.95. The first-order chi connectivity index (χ1) is 8.97. The fourth-order valence-corrected chi connectivity index (χ4v) is 4.11. The number of hydrogen-bond donors (Lipinski definition) is 2. The molecule has 0 amide bonds. The van der Waals surface area contributed by atoms with Gasteiger partial charge in [-0.25, -0.2) is 0 Å². The van der Waals surface area contributed by atoms with Gasteiger partial charge in [-0.05, 0) is 51.8 Å². The van der Waals surface area contributed by atoms with Gasteiger partial charge in [0.15, 0.2) is 0 Å². The van der Waals surface area contributed by atoms with Crippen LogP contribution in [0.15, 0.2) is 23.1 Å². The minimum absolute atomic E-state index is 0.379. The monoisotopic (exact) mass is 279 g/mol. The van der Waals surface area contributed by atoms with E-state index < -0.39 is 11.5 Å². The van der Waals surface area contributed by atoms with Crippen LogP contribution in [-0.2, 0) is 4.79 Å². The third-order valence-electron chi connectivity index (χ3n) is 3.99. The number of thioether (sulfide) groups is 1. The van der Waals surface area contributed by atoms with Gasteiger partial charge in [0.25, 0.3) is 0 Å². The van der Waals surface area contributed by atoms with Gasteiger partial charge in [0.05, 0.1) is 0 Å². The fraction of sp³-hybridized carbons (Fsp3) is 0.533. The largest absolute Gasteiger partial charge is 0.480 e. The maximum absolute atomic E-state index is 11.4. The normalized spacial score (nSPS) is 26.6. The average Bonchev–Trinajstić information content (AvgIpc) is 2.79. The number of rotatable bonds is 4. The van der Waals surface area contributed by atoms with E-state index in [0.717, 1.165) is 6.42 Å². The highest BCUT2D eigenvalue weighted by Gasteiger charge is 2.44. The molecule has 1 aliphatic carbocycles. The number of carboxylic acids is 1. The molecular formula is C15H21NO2S. The average molecular weight is 279 g/mol. The first kappa shape index (κ1) is 14.4. The van der Waals surface area contributed by atoms with E-state index in [4.69, 9.17) is 0 Å². The number of carboxylic acid groups (broad SMARTS) is 1. The number of benzene rings is 1. The molecule has 0 spiro atoms. The van der Waals surface area contributed by atoms with Crippen LogP contribution >= 0.6 is 11.8 Å². The van der Waals surface area contributed by atoms with E-state index in [-0.39, 0.29) is 0 Å². The SMILES string of the molecule is CNC1(C(=O)O)CCC(Sc2cc(C)ccc2C)C1. The van der Waals surface area contributed by atoms with E-state index in [1.54, 1.807) is 7.05 Å². The van der Waals surface area contributed by atoms with Gasteiger partial charge in [-0.15, -0.1) is 11.8 Å². The zero-order valence-corrected chi connectivity index (χ0v) is 12.5. The Morgan fingerprint density at radius 3 is 2.79 bits per heavy atom. The zero-order valence-electron chi connectivity index (χ0n) is 11.7. The number of likely N-dealkylation sites (N-methyl/N-ethyl adjacent to an activating group) is 1. The molecule has 3 nitrogen and oxygen atoms in total. The van der Waals surface area contributed by atoms with Gasteiger partial charge in [-0.2, -0.15) is 0 Å². The summed E-state index contributed by atoms with van der Waals surface area (Å²) in [7, 11) is 1.75. The lowest BCUT2D eigenvalue weighted by atomic mass is 9.99. The smallest absolute Gasteiger partial charge is 0.323 e. The zero-order chi connectivity index (χ0) is 14.0. The van der Waals surface area contributed by atoms with Crippen molar-refractivity contribution in [3.05, 3.63) is 29.3 Å². The molecule has 104 valence electrons. The van der Waals surface area contributed by atoms with E-state index in [1.165, 1.54) is 16.0 Å². The standard InChI is InChI=1S/C15H21NO2S/c1-10-4-5-11(2)13(8-10)19-12-6-7-15(9-12,16-3)14(17)18/h4-5,8,12,16H,6-7,9H2,1-3H3,(H,17,18). The van der Waals surface area contributed by atoms with Gasteiger partial charge in [-0.3, -0.25) is 4.79 Å². The van der Waals surface area contributed by atoms with Crippen LogP contribution in [0.2, 0.25) is 0 Å². The van der Waals surface area contributed by atoms with Crippen LogP contribution in [0.4, 0.5) is 0 Å². The van der Waals surface area contributed by atoms with E-state index in [9.17, 15) is 9.90 Å². The summed E-state index contributed by atoms with van der Waals surface area (Å²) in [5.74, 6) is -0.723. The van der Waals surface area contributed by atoms with Crippen LogP contribution in [-0.4, -0.2) is 28.9 Å². The Morgan fingerprint density at radius 2 is 2.21 bits per heavy atom. The van der Waals surface area contributed by atoms with Crippen LogP contribution in [0.3, 0.4) is 0 Å². The molecule has 4 heteroatoms. The summed E-state index contributed by atoms with van der Waals surface area (Å²) < 4.78 is 0. The molecule has 19 heavy (non-hydrogen) atoms. The van der Waals surface area contributed by atoms with Gasteiger partial charge < -0.3 is 10.4 Å². The van der Waals surface area contributed by atoms with Crippen molar-refractivity contribution in [2.45, 2.75) is 48.8 Å². The minimum atomic E-state index is -0.727. The second-order valence-electron chi connectivity index (χ2n) is 5.39. The summed E-state index contributed by atoms with van der Waals surface area (Å²) in [6, 6.07) is 6.44. The van der Waals surface area contributed by atoms with Crippen molar-refractivity contribution in [1.29, 1.82) is 0 Å². The van der Waals surface area contributed by atoms with Crippen LogP contribution in [0.1, 0.15) is 30.4 Å². The van der Waals surface area contributed by atoms with Crippen molar-refractivity contribution in [3.63, 3.8) is 0 Å². The fourth-order valence-electron chi connectivity index (χ4n) is 2.64. The molecule has 2 N–H and O–H groups in total. The summed E-state index contributed by atoms with van der Waals surface area (Å²) in [6.07, 6.45) is 2.35. The Kier molecular flexibility index (Phi) is 4.21. The first-order valence-electron chi connectivity index (χ1n) is 6.63. The predicted octanol–water partition coefficient (Wildman–Crippen LogP) is 2.99. The Morgan fingerprint density at radius 1 is 1.47 bits per heavy atom. The molecule has 0 aliphatic heterocycles. The number of aliphatic carboxylic acids is 1. The first-order valence-corrected chi connectivity index (χ1v) is 7.51. The van der Waals surface area contributed by atoms with Gasteiger partial charge in [0.2, 0.25) is 0 Å². The topological polar surface area (TPSA) is 49.3 Å². The van der Waals surface area contributed by atoms with Crippen LogP contribution < -0.4 is 5.32 Å². The number of hydrogen-bond acceptors (Lipinski definition) is 3. The highest BCUT2D eigenvalue weighted by atomic mass is 32.2. The van der Waals surface area contributed by atoms with Crippen molar-refractivity contribution in [1.82, 2.24) is 5.32 Å². The second-order valence-corrected chi connectivity index (χ2v) is 6.73. The maximum Gasteiger partial charge on any atom is 0.323 e. The number of aryl methyl sites for hydroxylation is 2. The van der Waals surface area contributed by atoms with Crippen molar-refractivity contribution in [3.8, 4) is 0 Å². The Balaban J connectivity index is 2.10. The van der Waals surface area contributed by atoms with E-state index in [1.807, 2.05) is 11.8 Å². The predicted molar refractivity (Wildman–Crippen MR) is 78.8 cm³/mol. The lowest BCUT2D eigenvalue weighted by molar-refractivity contribution is -0.144. The molecule has 0 aromatic heterocycles. The molecule has 0 bridgehead atoms. The van der Waals surface area contributed by atoms with Gasteiger partial charge >= 0.3 is 5.97 Å².